The fourth-order valence-electron chi connectivity index (χ4n) is 2.81. The van der Waals surface area contributed by atoms with Crippen LogP contribution in [0.15, 0.2) is 12.1 Å². The van der Waals surface area contributed by atoms with Gasteiger partial charge < -0.3 is 14.8 Å². The second kappa shape index (κ2) is 7.71. The summed E-state index contributed by atoms with van der Waals surface area (Å²) in [5.74, 6) is -0.845. The molecule has 2 atom stereocenters. The molecular formula is C16H23F2NO2. The zero-order chi connectivity index (χ0) is 15.2. The summed E-state index contributed by atoms with van der Waals surface area (Å²) in [6, 6.07) is 2.11. The second-order valence-electron chi connectivity index (χ2n) is 5.41. The molecule has 0 spiro atoms. The standard InChI is InChI=1S/C16H23F2NO2/c1-3-6-19-16(11-5-4-7-21-10-11)15-13(17)8-12(20-2)9-14(15)18/h8-9,11,16,19H,3-7,10H2,1-2H3. The molecule has 2 rings (SSSR count). The minimum atomic E-state index is -0.564. The van der Waals surface area contributed by atoms with Crippen LogP contribution in [0.2, 0.25) is 0 Å². The molecule has 1 aromatic rings. The normalized spacial score (nSPS) is 20.3. The molecule has 0 aromatic heterocycles. The Bertz CT molecular complexity index is 439. The van der Waals surface area contributed by atoms with E-state index in [1.165, 1.54) is 19.2 Å². The third-order valence-corrected chi connectivity index (χ3v) is 3.88. The molecule has 1 heterocycles. The predicted octanol–water partition coefficient (Wildman–Crippen LogP) is 3.44. The van der Waals surface area contributed by atoms with Gasteiger partial charge in [-0.05, 0) is 25.8 Å². The molecule has 1 N–H and O–H groups in total. The van der Waals surface area contributed by atoms with Crippen molar-refractivity contribution >= 4 is 0 Å². The van der Waals surface area contributed by atoms with Crippen molar-refractivity contribution in [3.8, 4) is 5.75 Å². The van der Waals surface area contributed by atoms with E-state index < -0.39 is 11.6 Å². The highest BCUT2D eigenvalue weighted by molar-refractivity contribution is 5.33. The lowest BCUT2D eigenvalue weighted by Crippen LogP contribution is -2.35. The molecule has 0 aliphatic carbocycles. The van der Waals surface area contributed by atoms with E-state index in [0.29, 0.717) is 13.2 Å². The summed E-state index contributed by atoms with van der Waals surface area (Å²) in [5.41, 5.74) is 0.0970. The van der Waals surface area contributed by atoms with Crippen LogP contribution in [0, 0.1) is 17.6 Å². The highest BCUT2D eigenvalue weighted by Gasteiger charge is 2.30. The van der Waals surface area contributed by atoms with Gasteiger partial charge in [0.25, 0.3) is 0 Å². The Labute approximate surface area is 124 Å². The van der Waals surface area contributed by atoms with E-state index in [0.717, 1.165) is 25.9 Å². The lowest BCUT2D eigenvalue weighted by molar-refractivity contribution is 0.0379. The Hall–Kier alpha value is -1.20. The highest BCUT2D eigenvalue weighted by Crippen LogP contribution is 2.33. The largest absolute Gasteiger partial charge is 0.497 e. The van der Waals surface area contributed by atoms with Crippen LogP contribution in [0.1, 0.15) is 37.8 Å². The molecule has 0 amide bonds. The Kier molecular flexibility index (Phi) is 5.94. The molecule has 3 nitrogen and oxygen atoms in total. The van der Waals surface area contributed by atoms with Crippen molar-refractivity contribution in [3.05, 3.63) is 29.3 Å². The van der Waals surface area contributed by atoms with Gasteiger partial charge in [0.1, 0.15) is 17.4 Å². The van der Waals surface area contributed by atoms with Crippen molar-refractivity contribution in [2.75, 3.05) is 26.9 Å². The lowest BCUT2D eigenvalue weighted by atomic mass is 9.88. The monoisotopic (exact) mass is 299 g/mol. The molecule has 5 heteroatoms. The van der Waals surface area contributed by atoms with Gasteiger partial charge in [-0.25, -0.2) is 8.78 Å². The predicted molar refractivity (Wildman–Crippen MR) is 77.5 cm³/mol. The van der Waals surface area contributed by atoms with Crippen molar-refractivity contribution in [2.45, 2.75) is 32.2 Å². The van der Waals surface area contributed by atoms with Crippen molar-refractivity contribution < 1.29 is 18.3 Å². The van der Waals surface area contributed by atoms with Gasteiger partial charge in [-0.15, -0.1) is 0 Å². The first-order valence-electron chi connectivity index (χ1n) is 7.51. The maximum Gasteiger partial charge on any atom is 0.134 e. The summed E-state index contributed by atoms with van der Waals surface area (Å²) < 4.78 is 39.1. The van der Waals surface area contributed by atoms with Crippen LogP contribution in [-0.2, 0) is 4.74 Å². The van der Waals surface area contributed by atoms with Gasteiger partial charge in [-0.3, -0.25) is 0 Å². The van der Waals surface area contributed by atoms with Crippen molar-refractivity contribution in [3.63, 3.8) is 0 Å². The van der Waals surface area contributed by atoms with Crippen LogP contribution < -0.4 is 10.1 Å². The van der Waals surface area contributed by atoms with E-state index >= 15 is 0 Å². The van der Waals surface area contributed by atoms with Gasteiger partial charge in [0.2, 0.25) is 0 Å². The minimum Gasteiger partial charge on any atom is -0.497 e. The Morgan fingerprint density at radius 1 is 1.38 bits per heavy atom. The Morgan fingerprint density at radius 2 is 2.10 bits per heavy atom. The number of methoxy groups -OCH3 is 1. The second-order valence-corrected chi connectivity index (χ2v) is 5.41. The van der Waals surface area contributed by atoms with Crippen molar-refractivity contribution in [2.24, 2.45) is 5.92 Å². The average Bonchev–Trinajstić information content (AvgIpc) is 2.50. The first-order chi connectivity index (χ1) is 10.2. The fourth-order valence-corrected chi connectivity index (χ4v) is 2.81. The number of hydrogen-bond donors (Lipinski definition) is 1. The smallest absolute Gasteiger partial charge is 0.134 e. The molecule has 0 radical (unpaired) electrons. The summed E-state index contributed by atoms with van der Waals surface area (Å²) in [4.78, 5) is 0. The third kappa shape index (κ3) is 3.92. The van der Waals surface area contributed by atoms with Crippen LogP contribution in [0.25, 0.3) is 0 Å². The van der Waals surface area contributed by atoms with Crippen LogP contribution in [0.4, 0.5) is 8.78 Å². The number of halogens is 2. The number of ether oxygens (including phenoxy) is 2. The zero-order valence-corrected chi connectivity index (χ0v) is 12.6. The van der Waals surface area contributed by atoms with E-state index in [1.807, 2.05) is 6.92 Å². The third-order valence-electron chi connectivity index (χ3n) is 3.88. The van der Waals surface area contributed by atoms with E-state index in [1.54, 1.807) is 0 Å². The molecule has 2 unspecified atom stereocenters. The molecule has 1 aliphatic rings. The fraction of sp³-hybridized carbons (Fsp3) is 0.625. The summed E-state index contributed by atoms with van der Waals surface area (Å²) in [6.45, 7) is 4.01. The van der Waals surface area contributed by atoms with Gasteiger partial charge in [0.05, 0.1) is 13.7 Å². The van der Waals surface area contributed by atoms with Gasteiger partial charge in [0.15, 0.2) is 0 Å². The molecule has 0 saturated carbocycles. The summed E-state index contributed by atoms with van der Waals surface area (Å²) in [5, 5.41) is 3.27. The van der Waals surface area contributed by atoms with Gasteiger partial charge in [-0.1, -0.05) is 6.92 Å². The van der Waals surface area contributed by atoms with Crippen LogP contribution in [0.3, 0.4) is 0 Å². The summed E-state index contributed by atoms with van der Waals surface area (Å²) in [7, 11) is 1.40. The van der Waals surface area contributed by atoms with E-state index in [-0.39, 0.29) is 23.3 Å². The molecule has 1 saturated heterocycles. The lowest BCUT2D eigenvalue weighted by Gasteiger charge is -2.32. The van der Waals surface area contributed by atoms with Gasteiger partial charge >= 0.3 is 0 Å². The van der Waals surface area contributed by atoms with Crippen LogP contribution >= 0.6 is 0 Å². The van der Waals surface area contributed by atoms with Crippen LogP contribution in [-0.4, -0.2) is 26.9 Å². The van der Waals surface area contributed by atoms with Gasteiger partial charge in [0, 0.05) is 36.3 Å². The van der Waals surface area contributed by atoms with Crippen LogP contribution in [0.5, 0.6) is 5.75 Å². The summed E-state index contributed by atoms with van der Waals surface area (Å²) >= 11 is 0. The minimum absolute atomic E-state index is 0.0858. The molecule has 118 valence electrons. The quantitative estimate of drug-likeness (QED) is 0.873. The number of benzene rings is 1. The molecule has 21 heavy (non-hydrogen) atoms. The highest BCUT2D eigenvalue weighted by atomic mass is 19.1. The SMILES string of the molecule is CCCNC(c1c(F)cc(OC)cc1F)C1CCCOC1. The first kappa shape index (κ1) is 16.2. The number of nitrogens with one attached hydrogen (secondary N) is 1. The molecule has 1 fully saturated rings. The average molecular weight is 299 g/mol. The van der Waals surface area contributed by atoms with Crippen molar-refractivity contribution in [1.29, 1.82) is 0 Å². The molecule has 1 aliphatic heterocycles. The first-order valence-corrected chi connectivity index (χ1v) is 7.51. The Balaban J connectivity index is 2.30. The van der Waals surface area contributed by atoms with Gasteiger partial charge in [-0.2, -0.15) is 0 Å². The topological polar surface area (TPSA) is 30.5 Å². The maximum atomic E-state index is 14.3. The zero-order valence-electron chi connectivity index (χ0n) is 12.6. The Morgan fingerprint density at radius 3 is 2.62 bits per heavy atom. The molecule has 1 aromatic carbocycles. The molecule has 0 bridgehead atoms. The van der Waals surface area contributed by atoms with E-state index in [9.17, 15) is 8.78 Å². The maximum absolute atomic E-state index is 14.3. The summed E-state index contributed by atoms with van der Waals surface area (Å²) in [6.07, 6.45) is 2.74. The number of rotatable bonds is 6. The van der Waals surface area contributed by atoms with E-state index in [2.05, 4.69) is 5.32 Å². The number of hydrogen-bond acceptors (Lipinski definition) is 3. The van der Waals surface area contributed by atoms with E-state index in [4.69, 9.17) is 9.47 Å². The van der Waals surface area contributed by atoms with Crippen molar-refractivity contribution in [1.82, 2.24) is 5.32 Å². The molecular weight excluding hydrogens is 276 g/mol.